The third kappa shape index (κ3) is 12.1. The maximum absolute atomic E-state index is 12.3. The molecule has 0 aliphatic carbocycles. The lowest BCUT2D eigenvalue weighted by molar-refractivity contribution is -0.119. The van der Waals surface area contributed by atoms with Gasteiger partial charge in [-0.3, -0.25) is 14.7 Å². The molecule has 1 heterocycles. The predicted molar refractivity (Wildman–Crippen MR) is 127 cm³/mol. The number of guanidine groups is 1. The summed E-state index contributed by atoms with van der Waals surface area (Å²) in [7, 11) is 1.73. The molecule has 2 amide bonds. The molecule has 0 bridgehead atoms. The van der Waals surface area contributed by atoms with Gasteiger partial charge in [0.25, 0.3) is 0 Å². The second-order valence-electron chi connectivity index (χ2n) is 8.13. The Morgan fingerprint density at radius 3 is 2.34 bits per heavy atom. The molecule has 1 aliphatic heterocycles. The van der Waals surface area contributed by atoms with Crippen molar-refractivity contribution in [3.63, 3.8) is 0 Å². The third-order valence-electron chi connectivity index (χ3n) is 4.35. The van der Waals surface area contributed by atoms with Gasteiger partial charge < -0.3 is 26.0 Å². The summed E-state index contributed by atoms with van der Waals surface area (Å²) in [5.74, 6) is 0.430. The smallest absolute Gasteiger partial charge is 0.410 e. The quantitative estimate of drug-likeness (QED) is 0.250. The number of primary amides is 1. The highest BCUT2D eigenvalue weighted by atomic mass is 127. The summed E-state index contributed by atoms with van der Waals surface area (Å²) >= 11 is 0. The Kier molecular flexibility index (Phi) is 13.2. The van der Waals surface area contributed by atoms with Crippen LogP contribution in [0.5, 0.6) is 0 Å². The highest BCUT2D eigenvalue weighted by Crippen LogP contribution is 2.11. The number of nitrogens with zero attached hydrogens (tertiary/aromatic N) is 3. The van der Waals surface area contributed by atoms with Gasteiger partial charge in [-0.2, -0.15) is 0 Å². The van der Waals surface area contributed by atoms with Crippen LogP contribution in [0.4, 0.5) is 4.79 Å². The lowest BCUT2D eigenvalue weighted by Gasteiger charge is -2.32. The molecule has 0 saturated carbocycles. The van der Waals surface area contributed by atoms with E-state index in [1.54, 1.807) is 11.9 Å². The Morgan fingerprint density at radius 2 is 1.86 bits per heavy atom. The number of halogens is 1. The number of amides is 2. The average Bonchev–Trinajstić information content (AvgIpc) is 2.59. The Bertz CT molecular complexity index is 531. The molecular weight excluding hydrogens is 487 g/mol. The zero-order chi connectivity index (χ0) is 21.2. The molecule has 1 fully saturated rings. The summed E-state index contributed by atoms with van der Waals surface area (Å²) in [4.78, 5) is 31.4. The van der Waals surface area contributed by atoms with Crippen molar-refractivity contribution in [2.24, 2.45) is 10.7 Å². The van der Waals surface area contributed by atoms with Gasteiger partial charge in [0.1, 0.15) is 5.60 Å². The molecule has 4 N–H and O–H groups in total. The standard InChI is InChI=1S/C19H38N6O3.HI/c1-6-10-25(18(27)28-19(2,3)4)13-9-22-17(21-5)23-15-7-11-24(12-8-15)14-16(20)26;/h15H,6-14H2,1-5H3,(H2,20,26)(H2,21,22,23);1H. The second kappa shape index (κ2) is 13.8. The first kappa shape index (κ1) is 27.7. The summed E-state index contributed by atoms with van der Waals surface area (Å²) < 4.78 is 5.47. The SMILES string of the molecule is CCCN(CCNC(=NC)NC1CCN(CC(N)=O)CC1)C(=O)OC(C)(C)C.I. The Balaban J connectivity index is 0.00000784. The van der Waals surface area contributed by atoms with Gasteiger partial charge in [0.05, 0.1) is 6.54 Å². The van der Waals surface area contributed by atoms with Gasteiger partial charge in [0, 0.05) is 45.8 Å². The maximum atomic E-state index is 12.3. The minimum atomic E-state index is -0.503. The predicted octanol–water partition coefficient (Wildman–Crippen LogP) is 1.37. The molecule has 0 aromatic carbocycles. The van der Waals surface area contributed by atoms with E-state index in [-0.39, 0.29) is 36.0 Å². The number of ether oxygens (including phenoxy) is 1. The van der Waals surface area contributed by atoms with Gasteiger partial charge in [-0.05, 0) is 40.0 Å². The van der Waals surface area contributed by atoms with Gasteiger partial charge >= 0.3 is 6.09 Å². The van der Waals surface area contributed by atoms with Crippen LogP contribution in [-0.4, -0.2) is 85.7 Å². The first-order chi connectivity index (χ1) is 13.1. The van der Waals surface area contributed by atoms with Crippen molar-refractivity contribution in [2.75, 3.05) is 46.3 Å². The molecule has 0 radical (unpaired) electrons. The summed E-state index contributed by atoms with van der Waals surface area (Å²) in [5, 5.41) is 6.68. The number of nitrogens with one attached hydrogen (secondary N) is 2. The number of nitrogens with two attached hydrogens (primary N) is 1. The molecule has 0 aromatic heterocycles. The fraction of sp³-hybridized carbons (Fsp3) is 0.842. The molecule has 9 nitrogen and oxygen atoms in total. The lowest BCUT2D eigenvalue weighted by Crippen LogP contribution is -2.51. The van der Waals surface area contributed by atoms with E-state index in [4.69, 9.17) is 10.5 Å². The fourth-order valence-electron chi connectivity index (χ4n) is 3.04. The highest BCUT2D eigenvalue weighted by molar-refractivity contribution is 14.0. The Labute approximate surface area is 192 Å². The number of piperidine rings is 1. The summed E-state index contributed by atoms with van der Waals surface area (Å²) in [6.07, 6.45) is 2.43. The van der Waals surface area contributed by atoms with E-state index in [1.165, 1.54) is 0 Å². The molecule has 10 heteroatoms. The first-order valence-corrected chi connectivity index (χ1v) is 10.1. The van der Waals surface area contributed by atoms with Crippen LogP contribution >= 0.6 is 24.0 Å². The number of hydrogen-bond acceptors (Lipinski definition) is 5. The van der Waals surface area contributed by atoms with Crippen molar-refractivity contribution < 1.29 is 14.3 Å². The first-order valence-electron chi connectivity index (χ1n) is 10.1. The van der Waals surface area contributed by atoms with Crippen LogP contribution in [0.15, 0.2) is 4.99 Å². The fourth-order valence-corrected chi connectivity index (χ4v) is 3.04. The average molecular weight is 526 g/mol. The van der Waals surface area contributed by atoms with E-state index in [9.17, 15) is 9.59 Å². The number of hydrogen-bond donors (Lipinski definition) is 3. The molecule has 1 aliphatic rings. The molecule has 0 atom stereocenters. The third-order valence-corrected chi connectivity index (χ3v) is 4.35. The Hall–Kier alpha value is -1.30. The van der Waals surface area contributed by atoms with Crippen LogP contribution in [0.3, 0.4) is 0 Å². The van der Waals surface area contributed by atoms with Crippen molar-refractivity contribution in [2.45, 2.75) is 58.6 Å². The largest absolute Gasteiger partial charge is 0.444 e. The summed E-state index contributed by atoms with van der Waals surface area (Å²) in [5.41, 5.74) is 4.75. The second-order valence-corrected chi connectivity index (χ2v) is 8.13. The van der Waals surface area contributed by atoms with Crippen molar-refractivity contribution in [1.29, 1.82) is 0 Å². The van der Waals surface area contributed by atoms with Crippen LogP contribution < -0.4 is 16.4 Å². The van der Waals surface area contributed by atoms with Gasteiger partial charge in [-0.15, -0.1) is 24.0 Å². The molecular formula is C19H39IN6O3. The van der Waals surface area contributed by atoms with Crippen LogP contribution in [0, 0.1) is 0 Å². The normalized spacial score (nSPS) is 16.0. The number of rotatable bonds is 8. The number of likely N-dealkylation sites (tertiary alicyclic amines) is 1. The topological polar surface area (TPSA) is 112 Å². The summed E-state index contributed by atoms with van der Waals surface area (Å²) in [6, 6.07) is 0.299. The minimum Gasteiger partial charge on any atom is -0.444 e. The van der Waals surface area contributed by atoms with Crippen molar-refractivity contribution in [3.05, 3.63) is 0 Å². The summed E-state index contributed by atoms with van der Waals surface area (Å²) in [6.45, 7) is 11.4. The molecule has 29 heavy (non-hydrogen) atoms. The maximum Gasteiger partial charge on any atom is 0.410 e. The van der Waals surface area contributed by atoms with E-state index in [0.717, 1.165) is 32.4 Å². The van der Waals surface area contributed by atoms with E-state index in [0.29, 0.717) is 38.2 Å². The molecule has 170 valence electrons. The van der Waals surface area contributed by atoms with Gasteiger partial charge in [-0.25, -0.2) is 4.79 Å². The Morgan fingerprint density at radius 1 is 1.24 bits per heavy atom. The van der Waals surface area contributed by atoms with Gasteiger partial charge in [-0.1, -0.05) is 6.92 Å². The number of carbonyl (C=O) groups excluding carboxylic acids is 2. The number of carbonyl (C=O) groups is 2. The zero-order valence-corrected chi connectivity index (χ0v) is 20.8. The molecule has 0 spiro atoms. The molecule has 1 rings (SSSR count). The van der Waals surface area contributed by atoms with E-state index < -0.39 is 5.60 Å². The van der Waals surface area contributed by atoms with Gasteiger partial charge in [0.2, 0.25) is 5.91 Å². The van der Waals surface area contributed by atoms with E-state index >= 15 is 0 Å². The molecule has 1 saturated heterocycles. The van der Waals surface area contributed by atoms with Gasteiger partial charge in [0.15, 0.2) is 5.96 Å². The van der Waals surface area contributed by atoms with Crippen LogP contribution in [0.1, 0.15) is 47.0 Å². The highest BCUT2D eigenvalue weighted by Gasteiger charge is 2.22. The van der Waals surface area contributed by atoms with E-state index in [1.807, 2.05) is 27.7 Å². The monoisotopic (exact) mass is 526 g/mol. The molecule has 0 aromatic rings. The van der Waals surface area contributed by atoms with Crippen LogP contribution in [0.25, 0.3) is 0 Å². The lowest BCUT2D eigenvalue weighted by atomic mass is 10.1. The molecule has 0 unspecified atom stereocenters. The van der Waals surface area contributed by atoms with Crippen molar-refractivity contribution in [3.8, 4) is 0 Å². The number of aliphatic imine (C=N–C) groups is 1. The van der Waals surface area contributed by atoms with E-state index in [2.05, 4.69) is 20.5 Å². The van der Waals surface area contributed by atoms with Crippen LogP contribution in [-0.2, 0) is 9.53 Å². The van der Waals surface area contributed by atoms with Crippen molar-refractivity contribution in [1.82, 2.24) is 20.4 Å². The minimum absolute atomic E-state index is 0. The van der Waals surface area contributed by atoms with Crippen molar-refractivity contribution >= 4 is 41.9 Å². The van der Waals surface area contributed by atoms with Crippen LogP contribution in [0.2, 0.25) is 0 Å². The zero-order valence-electron chi connectivity index (χ0n) is 18.5.